The smallest absolute Gasteiger partial charge is 0.147 e. The van der Waals surface area contributed by atoms with Crippen molar-refractivity contribution >= 4 is 31.0 Å². The predicted molar refractivity (Wildman–Crippen MR) is 127 cm³/mol. The van der Waals surface area contributed by atoms with Crippen LogP contribution in [0.4, 0.5) is 0 Å². The van der Waals surface area contributed by atoms with E-state index in [1.54, 1.807) is 5.57 Å². The van der Waals surface area contributed by atoms with Crippen LogP contribution < -0.4 is 15.9 Å². The molecule has 5 rings (SSSR count). The molecule has 0 N–H and O–H groups in total. The van der Waals surface area contributed by atoms with E-state index in [9.17, 15) is 0 Å². The van der Waals surface area contributed by atoms with Crippen LogP contribution in [0.1, 0.15) is 20.3 Å². The molecule has 29 heavy (non-hydrogen) atoms. The molecule has 3 heteroatoms. The van der Waals surface area contributed by atoms with Crippen molar-refractivity contribution in [2.24, 2.45) is 0 Å². The first-order valence-corrected chi connectivity index (χ1v) is 13.6. The Balaban J connectivity index is 1.68. The summed E-state index contributed by atoms with van der Waals surface area (Å²) in [6.45, 7) is 4.61. The van der Waals surface area contributed by atoms with Crippen LogP contribution in [0.5, 0.6) is 0 Å². The zero-order chi connectivity index (χ0) is 20.0. The minimum Gasteiger partial charge on any atom is -0.313 e. The van der Waals surface area contributed by atoms with Gasteiger partial charge in [-0.2, -0.15) is 0 Å². The predicted octanol–water partition coefficient (Wildman–Crippen LogP) is 5.67. The minimum atomic E-state index is -2.75. The fourth-order valence-corrected chi connectivity index (χ4v) is 13.7. The van der Waals surface area contributed by atoms with Crippen molar-refractivity contribution in [3.8, 4) is 0 Å². The summed E-state index contributed by atoms with van der Waals surface area (Å²) in [7, 11) is -3.11. The van der Waals surface area contributed by atoms with E-state index < -0.39 is 7.14 Å². The second-order valence-electron chi connectivity index (χ2n) is 8.20. The lowest BCUT2D eigenvalue weighted by Gasteiger charge is -2.33. The maximum absolute atomic E-state index is 15.0. The maximum Gasteiger partial charge on any atom is 0.147 e. The molecule has 1 fully saturated rings. The number of fused-ring (bicyclic) bond motifs is 2. The van der Waals surface area contributed by atoms with E-state index >= 15 is 4.57 Å². The van der Waals surface area contributed by atoms with Crippen molar-refractivity contribution in [1.82, 2.24) is 0 Å². The first kappa shape index (κ1) is 19.0. The largest absolute Gasteiger partial charge is 0.313 e. The van der Waals surface area contributed by atoms with Gasteiger partial charge in [0.25, 0.3) is 0 Å². The van der Waals surface area contributed by atoms with E-state index in [0.717, 1.165) is 17.0 Å². The third-order valence-corrected chi connectivity index (χ3v) is 14.2. The lowest BCUT2D eigenvalue weighted by Crippen LogP contribution is -2.33. The lowest BCUT2D eigenvalue weighted by atomic mass is 9.94. The zero-order valence-corrected chi connectivity index (χ0v) is 18.7. The Labute approximate surface area is 175 Å². The average Bonchev–Trinajstić information content (AvgIpc) is 3.29. The van der Waals surface area contributed by atoms with Gasteiger partial charge in [0.15, 0.2) is 0 Å². The summed E-state index contributed by atoms with van der Waals surface area (Å²) in [5.74, 6) is 0. The van der Waals surface area contributed by atoms with Crippen LogP contribution in [0.25, 0.3) is 0 Å². The van der Waals surface area contributed by atoms with Gasteiger partial charge in [0.1, 0.15) is 7.14 Å². The van der Waals surface area contributed by atoms with E-state index in [-0.39, 0.29) is 13.6 Å². The Morgan fingerprint density at radius 1 is 0.724 bits per heavy atom. The molecular weight excluding hydrogens is 390 g/mol. The van der Waals surface area contributed by atoms with E-state index in [1.807, 2.05) is 36.4 Å². The molecule has 3 aromatic carbocycles. The van der Waals surface area contributed by atoms with E-state index in [1.165, 1.54) is 10.9 Å². The molecule has 2 aliphatic rings. The van der Waals surface area contributed by atoms with Crippen molar-refractivity contribution in [3.05, 3.63) is 102 Å². The van der Waals surface area contributed by atoms with Crippen LogP contribution in [0.2, 0.25) is 0 Å². The molecule has 0 aliphatic carbocycles. The van der Waals surface area contributed by atoms with E-state index in [4.69, 9.17) is 0 Å². The number of benzene rings is 3. The van der Waals surface area contributed by atoms with Crippen LogP contribution in [0, 0.1) is 0 Å². The van der Waals surface area contributed by atoms with Crippen molar-refractivity contribution in [3.63, 3.8) is 0 Å². The second kappa shape index (κ2) is 7.39. The van der Waals surface area contributed by atoms with Crippen molar-refractivity contribution in [2.75, 3.05) is 0 Å². The molecule has 3 aromatic rings. The fourth-order valence-electron chi connectivity index (χ4n) is 5.35. The van der Waals surface area contributed by atoms with Gasteiger partial charge >= 0.3 is 0 Å². The number of rotatable bonds is 4. The van der Waals surface area contributed by atoms with Crippen LogP contribution in [-0.2, 0) is 4.57 Å². The summed E-state index contributed by atoms with van der Waals surface area (Å²) in [6, 6.07) is 31.5. The Bertz CT molecular complexity index is 1050. The molecule has 146 valence electrons. The van der Waals surface area contributed by atoms with Gasteiger partial charge < -0.3 is 4.57 Å². The highest BCUT2D eigenvalue weighted by molar-refractivity contribution is 7.81. The summed E-state index contributed by atoms with van der Waals surface area (Å²) >= 11 is 0. The van der Waals surface area contributed by atoms with Gasteiger partial charge in [-0.25, -0.2) is 0 Å². The topological polar surface area (TPSA) is 17.1 Å². The monoisotopic (exact) mass is 416 g/mol. The quantitative estimate of drug-likeness (QED) is 0.396. The Kier molecular flexibility index (Phi) is 4.85. The molecule has 0 spiro atoms. The van der Waals surface area contributed by atoms with Crippen LogP contribution >= 0.6 is 15.1 Å². The number of allylic oxidation sites excluding steroid dienone is 2. The zero-order valence-electron chi connectivity index (χ0n) is 16.9. The molecule has 1 nitrogen and oxygen atoms in total. The Hall–Kier alpha value is -1.94. The second-order valence-corrected chi connectivity index (χ2v) is 13.7. The van der Waals surface area contributed by atoms with Gasteiger partial charge in [0.2, 0.25) is 0 Å². The SMILES string of the molecule is CC1=C(C)C2C(P(=O)(c3ccccc3)c3ccccc3)CC1P2c1ccccc1. The van der Waals surface area contributed by atoms with E-state index in [0.29, 0.717) is 11.3 Å². The molecule has 4 unspecified atom stereocenters. The number of hydrogen-bond donors (Lipinski definition) is 0. The first-order valence-electron chi connectivity index (χ1n) is 10.3. The third kappa shape index (κ3) is 2.91. The highest BCUT2D eigenvalue weighted by Gasteiger charge is 2.56. The molecule has 2 heterocycles. The van der Waals surface area contributed by atoms with Crippen molar-refractivity contribution in [2.45, 2.75) is 37.2 Å². The van der Waals surface area contributed by atoms with Gasteiger partial charge in [-0.1, -0.05) is 110 Å². The fraction of sp³-hybridized carbons (Fsp3) is 0.231. The van der Waals surface area contributed by atoms with Crippen LogP contribution in [0.15, 0.2) is 102 Å². The van der Waals surface area contributed by atoms with Gasteiger partial charge in [-0.05, 0) is 25.6 Å². The minimum absolute atomic E-state index is 0.187. The summed E-state index contributed by atoms with van der Waals surface area (Å²) in [6.07, 6.45) is 1.04. The van der Waals surface area contributed by atoms with Crippen molar-refractivity contribution in [1.29, 1.82) is 0 Å². The molecular formula is C26H26OP2. The van der Waals surface area contributed by atoms with Gasteiger partial charge in [-0.3, -0.25) is 0 Å². The molecule has 1 saturated heterocycles. The molecule has 2 aliphatic heterocycles. The van der Waals surface area contributed by atoms with Gasteiger partial charge in [0, 0.05) is 27.6 Å². The maximum atomic E-state index is 15.0. The van der Waals surface area contributed by atoms with Crippen molar-refractivity contribution < 1.29 is 4.57 Å². The number of hydrogen-bond acceptors (Lipinski definition) is 1. The molecule has 0 aromatic heterocycles. The third-order valence-electron chi connectivity index (χ3n) is 6.83. The molecule has 0 amide bonds. The average molecular weight is 416 g/mol. The normalized spacial score (nSPS) is 26.1. The molecule has 0 radical (unpaired) electrons. The first-order chi connectivity index (χ1) is 14.1. The summed E-state index contributed by atoms with van der Waals surface area (Å²) < 4.78 is 15.0. The molecule has 2 bridgehead atoms. The Morgan fingerprint density at radius 2 is 1.21 bits per heavy atom. The van der Waals surface area contributed by atoms with Gasteiger partial charge in [-0.15, -0.1) is 0 Å². The van der Waals surface area contributed by atoms with Crippen LogP contribution in [0.3, 0.4) is 0 Å². The Morgan fingerprint density at radius 3 is 1.72 bits per heavy atom. The summed E-state index contributed by atoms with van der Waals surface area (Å²) in [4.78, 5) is 0. The molecule has 4 atom stereocenters. The summed E-state index contributed by atoms with van der Waals surface area (Å²) in [5, 5.41) is 3.48. The summed E-state index contributed by atoms with van der Waals surface area (Å²) in [5.41, 5.74) is 4.20. The van der Waals surface area contributed by atoms with E-state index in [2.05, 4.69) is 68.4 Å². The standard InChI is InChI=1S/C26H26OP2/c1-19-20(2)26-25(18-24(19)28(26)21-12-6-3-7-13-21)29(27,22-14-8-4-9-15-22)23-16-10-5-11-17-23/h3-17,24-26H,18H2,1-2H3. The lowest BCUT2D eigenvalue weighted by molar-refractivity contribution is 0.572. The highest BCUT2D eigenvalue weighted by Crippen LogP contribution is 2.72. The molecule has 0 saturated carbocycles. The van der Waals surface area contributed by atoms with Crippen LogP contribution in [-0.4, -0.2) is 17.0 Å². The van der Waals surface area contributed by atoms with Gasteiger partial charge in [0.05, 0.1) is 0 Å². The highest BCUT2D eigenvalue weighted by atomic mass is 31.2.